The molecule has 1 aromatic heterocycles. The second kappa shape index (κ2) is 6.53. The van der Waals surface area contributed by atoms with E-state index in [-0.39, 0.29) is 0 Å². The van der Waals surface area contributed by atoms with Gasteiger partial charge in [0.2, 0.25) is 5.16 Å². The molecule has 1 aliphatic rings. The molecule has 1 fully saturated rings. The lowest BCUT2D eigenvalue weighted by atomic mass is 9.90. The summed E-state index contributed by atoms with van der Waals surface area (Å²) in [7, 11) is 1.80. The lowest BCUT2D eigenvalue weighted by Gasteiger charge is -2.29. The summed E-state index contributed by atoms with van der Waals surface area (Å²) >= 11 is 1.56. The smallest absolute Gasteiger partial charge is 0.323 e. The number of aryl methyl sites for hydroxylation is 1. The molecule has 0 amide bonds. The first-order chi connectivity index (χ1) is 9.57. The van der Waals surface area contributed by atoms with Gasteiger partial charge in [-0.15, -0.1) is 5.10 Å². The van der Waals surface area contributed by atoms with Crippen LogP contribution in [0.3, 0.4) is 0 Å². The predicted octanol–water partition coefficient (Wildman–Crippen LogP) is 1.07. The van der Waals surface area contributed by atoms with Crippen molar-refractivity contribution in [2.24, 2.45) is 7.05 Å². The quantitative estimate of drug-likeness (QED) is 0.520. The first kappa shape index (κ1) is 15.2. The van der Waals surface area contributed by atoms with Gasteiger partial charge in [-0.1, -0.05) is 18.7 Å². The standard InChI is InChI=1S/C12H21N5O2S/c1-3-12(10(18)19,13-9-5-6-9)7-4-8-20-11-14-15-16-17(11)2/h9,13H,3-8H2,1-2H3,(H,18,19). The van der Waals surface area contributed by atoms with Gasteiger partial charge >= 0.3 is 5.97 Å². The molecule has 1 aliphatic carbocycles. The second-order valence-electron chi connectivity index (χ2n) is 5.20. The summed E-state index contributed by atoms with van der Waals surface area (Å²) in [6.07, 6.45) is 4.24. The molecule has 0 aromatic carbocycles. The van der Waals surface area contributed by atoms with Crippen molar-refractivity contribution in [3.63, 3.8) is 0 Å². The molecule has 0 saturated heterocycles. The molecule has 1 atom stereocenters. The van der Waals surface area contributed by atoms with Gasteiger partial charge in [-0.3, -0.25) is 10.1 Å². The number of carbonyl (C=O) groups is 1. The molecule has 0 radical (unpaired) electrons. The molecule has 1 saturated carbocycles. The van der Waals surface area contributed by atoms with Crippen LogP contribution in [0.15, 0.2) is 5.16 Å². The van der Waals surface area contributed by atoms with Gasteiger partial charge in [0.05, 0.1) is 0 Å². The average Bonchev–Trinajstić information content (AvgIpc) is 3.14. The van der Waals surface area contributed by atoms with Gasteiger partial charge < -0.3 is 5.11 Å². The van der Waals surface area contributed by atoms with Crippen molar-refractivity contribution in [1.29, 1.82) is 0 Å². The Bertz CT molecular complexity index is 462. The fourth-order valence-electron chi connectivity index (χ4n) is 2.17. The van der Waals surface area contributed by atoms with Crippen molar-refractivity contribution in [1.82, 2.24) is 25.5 Å². The molecule has 20 heavy (non-hydrogen) atoms. The number of thioether (sulfide) groups is 1. The van der Waals surface area contributed by atoms with Crippen LogP contribution in [0.25, 0.3) is 0 Å². The molecule has 7 nitrogen and oxygen atoms in total. The topological polar surface area (TPSA) is 92.9 Å². The highest BCUT2D eigenvalue weighted by Crippen LogP contribution is 2.28. The molecule has 0 bridgehead atoms. The zero-order valence-corrected chi connectivity index (χ0v) is 12.7. The van der Waals surface area contributed by atoms with Crippen LogP contribution in [-0.2, 0) is 11.8 Å². The van der Waals surface area contributed by atoms with Crippen LogP contribution in [0.2, 0.25) is 0 Å². The predicted molar refractivity (Wildman–Crippen MR) is 75.6 cm³/mol. The van der Waals surface area contributed by atoms with E-state index in [2.05, 4.69) is 20.8 Å². The number of tetrazole rings is 1. The van der Waals surface area contributed by atoms with Gasteiger partial charge in [0.25, 0.3) is 0 Å². The number of hydrogen-bond acceptors (Lipinski definition) is 6. The summed E-state index contributed by atoms with van der Waals surface area (Å²) in [5, 5.41) is 24.8. The molecule has 8 heteroatoms. The third-order valence-electron chi connectivity index (χ3n) is 3.63. The number of nitrogens with one attached hydrogen (secondary N) is 1. The number of aliphatic carboxylic acids is 1. The highest BCUT2D eigenvalue weighted by Gasteiger charge is 2.40. The number of aromatic nitrogens is 4. The van der Waals surface area contributed by atoms with Gasteiger partial charge in [0, 0.05) is 18.8 Å². The summed E-state index contributed by atoms with van der Waals surface area (Å²) in [4.78, 5) is 11.6. The molecule has 1 unspecified atom stereocenters. The lowest BCUT2D eigenvalue weighted by molar-refractivity contribution is -0.145. The summed E-state index contributed by atoms with van der Waals surface area (Å²) in [6, 6.07) is 0.390. The van der Waals surface area contributed by atoms with Gasteiger partial charge in [0.1, 0.15) is 5.54 Å². The Morgan fingerprint density at radius 2 is 2.35 bits per heavy atom. The van der Waals surface area contributed by atoms with Crippen molar-refractivity contribution in [3.05, 3.63) is 0 Å². The number of carboxylic acid groups (broad SMARTS) is 1. The fourth-order valence-corrected chi connectivity index (χ4v) is 2.96. The number of nitrogens with zero attached hydrogens (tertiary/aromatic N) is 4. The van der Waals surface area contributed by atoms with Crippen LogP contribution in [0.1, 0.15) is 39.0 Å². The Morgan fingerprint density at radius 3 is 2.85 bits per heavy atom. The van der Waals surface area contributed by atoms with Crippen LogP contribution in [0, 0.1) is 0 Å². The van der Waals surface area contributed by atoms with E-state index in [9.17, 15) is 9.90 Å². The Kier molecular flexibility index (Phi) is 4.98. The normalized spacial score (nSPS) is 17.9. The van der Waals surface area contributed by atoms with Crippen molar-refractivity contribution >= 4 is 17.7 Å². The maximum atomic E-state index is 11.6. The first-order valence-corrected chi connectivity index (χ1v) is 7.92. The molecule has 1 heterocycles. The average molecular weight is 299 g/mol. The van der Waals surface area contributed by atoms with E-state index in [1.807, 2.05) is 6.92 Å². The number of rotatable bonds is 9. The van der Waals surface area contributed by atoms with E-state index in [0.29, 0.717) is 18.9 Å². The highest BCUT2D eigenvalue weighted by atomic mass is 32.2. The molecule has 112 valence electrons. The van der Waals surface area contributed by atoms with Crippen LogP contribution in [-0.4, -0.2) is 48.6 Å². The van der Waals surface area contributed by atoms with Crippen LogP contribution in [0.5, 0.6) is 0 Å². The Labute approximate surface area is 122 Å². The number of carboxylic acids is 1. The van der Waals surface area contributed by atoms with Gasteiger partial charge in [-0.25, -0.2) is 4.68 Å². The maximum absolute atomic E-state index is 11.6. The fraction of sp³-hybridized carbons (Fsp3) is 0.833. The zero-order chi connectivity index (χ0) is 14.6. The molecule has 0 spiro atoms. The van der Waals surface area contributed by atoms with Crippen molar-refractivity contribution in [2.75, 3.05) is 5.75 Å². The van der Waals surface area contributed by atoms with E-state index in [4.69, 9.17) is 0 Å². The third-order valence-corrected chi connectivity index (χ3v) is 4.73. The second-order valence-corrected chi connectivity index (χ2v) is 6.26. The Hall–Kier alpha value is -1.15. The zero-order valence-electron chi connectivity index (χ0n) is 11.9. The van der Waals surface area contributed by atoms with Crippen molar-refractivity contribution in [3.8, 4) is 0 Å². The summed E-state index contributed by atoms with van der Waals surface area (Å²) in [5.41, 5.74) is -0.778. The van der Waals surface area contributed by atoms with Gasteiger partial charge in [0.15, 0.2) is 0 Å². The molecule has 2 rings (SSSR count). The minimum atomic E-state index is -0.778. The van der Waals surface area contributed by atoms with E-state index in [1.165, 1.54) is 0 Å². The van der Waals surface area contributed by atoms with Crippen LogP contribution >= 0.6 is 11.8 Å². The first-order valence-electron chi connectivity index (χ1n) is 6.93. The molecular weight excluding hydrogens is 278 g/mol. The SMILES string of the molecule is CCC(CCCSc1nnnn1C)(NC1CC1)C(=O)O. The summed E-state index contributed by atoms with van der Waals surface area (Å²) in [5.74, 6) is 0.0764. The van der Waals surface area contributed by atoms with Crippen LogP contribution < -0.4 is 5.32 Å². The van der Waals surface area contributed by atoms with E-state index in [1.54, 1.807) is 23.5 Å². The Morgan fingerprint density at radius 1 is 1.60 bits per heavy atom. The highest BCUT2D eigenvalue weighted by molar-refractivity contribution is 7.99. The van der Waals surface area contributed by atoms with Crippen molar-refractivity contribution in [2.45, 2.75) is 55.8 Å². The molecule has 2 N–H and O–H groups in total. The largest absolute Gasteiger partial charge is 0.480 e. The summed E-state index contributed by atoms with van der Waals surface area (Å²) < 4.78 is 1.62. The Balaban J connectivity index is 1.82. The minimum absolute atomic E-state index is 0.390. The minimum Gasteiger partial charge on any atom is -0.480 e. The van der Waals surface area contributed by atoms with Crippen LogP contribution in [0.4, 0.5) is 0 Å². The monoisotopic (exact) mass is 299 g/mol. The van der Waals surface area contributed by atoms with Crippen molar-refractivity contribution < 1.29 is 9.90 Å². The molecule has 1 aromatic rings. The van der Waals surface area contributed by atoms with E-state index in [0.717, 1.165) is 30.2 Å². The van der Waals surface area contributed by atoms with Gasteiger partial charge in [-0.2, -0.15) is 0 Å². The molecule has 0 aliphatic heterocycles. The van der Waals surface area contributed by atoms with E-state index < -0.39 is 11.5 Å². The maximum Gasteiger partial charge on any atom is 0.323 e. The van der Waals surface area contributed by atoms with Gasteiger partial charge in [-0.05, 0) is 42.5 Å². The third kappa shape index (κ3) is 3.69. The number of hydrogen-bond donors (Lipinski definition) is 2. The lowest BCUT2D eigenvalue weighted by Crippen LogP contribution is -2.52. The molecular formula is C12H21N5O2S. The summed E-state index contributed by atoms with van der Waals surface area (Å²) in [6.45, 7) is 1.93. The van der Waals surface area contributed by atoms with E-state index >= 15 is 0 Å².